The SMILES string of the molecule is CCNC(=NCC(C)Oc1ccccc1OC)NC1CCN(CC(=O)NC)CC1.I. The lowest BCUT2D eigenvalue weighted by Gasteiger charge is -2.32. The van der Waals surface area contributed by atoms with Crippen molar-refractivity contribution in [2.24, 2.45) is 4.99 Å². The number of hydrogen-bond donors (Lipinski definition) is 3. The molecule has 3 N–H and O–H groups in total. The summed E-state index contributed by atoms with van der Waals surface area (Å²) < 4.78 is 11.3. The smallest absolute Gasteiger partial charge is 0.233 e. The number of nitrogens with one attached hydrogen (secondary N) is 3. The topological polar surface area (TPSA) is 87.2 Å². The molecular weight excluding hydrogens is 497 g/mol. The van der Waals surface area contributed by atoms with Crippen LogP contribution < -0.4 is 25.4 Å². The number of carbonyl (C=O) groups excluding carboxylic acids is 1. The number of amides is 1. The van der Waals surface area contributed by atoms with E-state index in [1.807, 2.05) is 31.2 Å². The van der Waals surface area contributed by atoms with E-state index in [1.54, 1.807) is 14.2 Å². The van der Waals surface area contributed by atoms with Crippen LogP contribution >= 0.6 is 24.0 Å². The summed E-state index contributed by atoms with van der Waals surface area (Å²) in [6.45, 7) is 7.64. The van der Waals surface area contributed by atoms with E-state index in [-0.39, 0.29) is 36.0 Å². The molecule has 1 aromatic carbocycles. The quantitative estimate of drug-likeness (QED) is 0.255. The molecule has 0 bridgehead atoms. The van der Waals surface area contributed by atoms with Gasteiger partial charge in [-0.2, -0.15) is 0 Å². The van der Waals surface area contributed by atoms with Gasteiger partial charge in [-0.3, -0.25) is 9.69 Å². The van der Waals surface area contributed by atoms with Crippen molar-refractivity contribution < 1.29 is 14.3 Å². The van der Waals surface area contributed by atoms with Gasteiger partial charge < -0.3 is 25.4 Å². The maximum Gasteiger partial charge on any atom is 0.233 e. The molecule has 0 radical (unpaired) electrons. The van der Waals surface area contributed by atoms with Gasteiger partial charge in [0.2, 0.25) is 5.91 Å². The van der Waals surface area contributed by atoms with Gasteiger partial charge in [0.15, 0.2) is 17.5 Å². The Morgan fingerprint density at radius 2 is 1.93 bits per heavy atom. The van der Waals surface area contributed by atoms with E-state index in [1.165, 1.54) is 0 Å². The van der Waals surface area contributed by atoms with Crippen molar-refractivity contribution in [3.8, 4) is 11.5 Å². The fourth-order valence-electron chi connectivity index (χ4n) is 3.22. The number of ether oxygens (including phenoxy) is 2. The molecular formula is C21H36IN5O3. The van der Waals surface area contributed by atoms with Gasteiger partial charge in [-0.15, -0.1) is 24.0 Å². The normalized spacial score (nSPS) is 16.2. The first kappa shape index (κ1) is 26.3. The van der Waals surface area contributed by atoms with Crippen molar-refractivity contribution in [3.63, 3.8) is 0 Å². The number of guanidine groups is 1. The number of carbonyl (C=O) groups is 1. The van der Waals surface area contributed by atoms with E-state index in [0.29, 0.717) is 19.1 Å². The van der Waals surface area contributed by atoms with Gasteiger partial charge in [0.05, 0.1) is 20.2 Å². The Labute approximate surface area is 197 Å². The molecule has 170 valence electrons. The van der Waals surface area contributed by atoms with Crippen LogP contribution in [0.4, 0.5) is 0 Å². The Morgan fingerprint density at radius 3 is 2.53 bits per heavy atom. The zero-order valence-electron chi connectivity index (χ0n) is 18.4. The summed E-state index contributed by atoms with van der Waals surface area (Å²) in [6, 6.07) is 7.97. The van der Waals surface area contributed by atoms with Crippen LogP contribution in [-0.4, -0.2) is 75.8 Å². The molecule has 1 aliphatic heterocycles. The highest BCUT2D eigenvalue weighted by Crippen LogP contribution is 2.26. The highest BCUT2D eigenvalue weighted by molar-refractivity contribution is 14.0. The maximum absolute atomic E-state index is 11.5. The Hall–Kier alpha value is -1.75. The predicted molar refractivity (Wildman–Crippen MR) is 131 cm³/mol. The lowest BCUT2D eigenvalue weighted by atomic mass is 10.1. The molecule has 2 rings (SSSR count). The molecule has 0 aliphatic carbocycles. The zero-order valence-corrected chi connectivity index (χ0v) is 20.8. The van der Waals surface area contributed by atoms with E-state index in [0.717, 1.165) is 49.9 Å². The molecule has 1 heterocycles. The highest BCUT2D eigenvalue weighted by atomic mass is 127. The minimum absolute atomic E-state index is 0. The minimum atomic E-state index is -0.0869. The zero-order chi connectivity index (χ0) is 21.1. The first-order valence-corrected chi connectivity index (χ1v) is 10.3. The summed E-state index contributed by atoms with van der Waals surface area (Å²) in [5.74, 6) is 2.30. The Balaban J connectivity index is 0.00000450. The number of piperidine rings is 1. The van der Waals surface area contributed by atoms with Crippen molar-refractivity contribution in [3.05, 3.63) is 24.3 Å². The number of rotatable bonds is 9. The van der Waals surface area contributed by atoms with Gasteiger partial charge in [-0.25, -0.2) is 4.99 Å². The summed E-state index contributed by atoms with van der Waals surface area (Å²) in [4.78, 5) is 18.4. The van der Waals surface area contributed by atoms with Crippen molar-refractivity contribution >= 4 is 35.8 Å². The molecule has 30 heavy (non-hydrogen) atoms. The minimum Gasteiger partial charge on any atom is -0.493 e. The maximum atomic E-state index is 11.5. The molecule has 9 heteroatoms. The number of para-hydroxylation sites is 2. The molecule has 8 nitrogen and oxygen atoms in total. The fourth-order valence-corrected chi connectivity index (χ4v) is 3.22. The standard InChI is InChI=1S/C21H35N5O3.HI/c1-5-23-21(25-17-10-12-26(13-11-17)15-20(27)22-3)24-14-16(2)29-19-9-7-6-8-18(19)28-4;/h6-9,16-17H,5,10-15H2,1-4H3,(H,22,27)(H2,23,24,25);1H. The van der Waals surface area contributed by atoms with Crippen molar-refractivity contribution in [2.45, 2.75) is 38.8 Å². The van der Waals surface area contributed by atoms with Crippen LogP contribution in [-0.2, 0) is 4.79 Å². The first-order valence-electron chi connectivity index (χ1n) is 10.3. The van der Waals surface area contributed by atoms with E-state index in [9.17, 15) is 4.79 Å². The van der Waals surface area contributed by atoms with Crippen molar-refractivity contribution in [1.82, 2.24) is 20.9 Å². The second kappa shape index (κ2) is 14.3. The average Bonchev–Trinajstić information content (AvgIpc) is 2.74. The van der Waals surface area contributed by atoms with Gasteiger partial charge in [0, 0.05) is 32.7 Å². The number of aliphatic imine (C=N–C) groups is 1. The lowest BCUT2D eigenvalue weighted by molar-refractivity contribution is -0.122. The fraction of sp³-hybridized carbons (Fsp3) is 0.619. The van der Waals surface area contributed by atoms with Gasteiger partial charge in [-0.05, 0) is 38.8 Å². The summed E-state index contributed by atoms with van der Waals surface area (Å²) in [7, 11) is 3.31. The van der Waals surface area contributed by atoms with Crippen molar-refractivity contribution in [2.75, 3.05) is 46.9 Å². The number of likely N-dealkylation sites (tertiary alicyclic amines) is 1. The molecule has 1 atom stereocenters. The summed E-state index contributed by atoms with van der Waals surface area (Å²) in [5.41, 5.74) is 0. The molecule has 1 saturated heterocycles. The number of nitrogens with zero attached hydrogens (tertiary/aromatic N) is 2. The number of benzene rings is 1. The molecule has 1 aromatic rings. The van der Waals surface area contributed by atoms with Gasteiger partial charge >= 0.3 is 0 Å². The predicted octanol–water partition coefficient (Wildman–Crippen LogP) is 1.85. The lowest BCUT2D eigenvalue weighted by Crippen LogP contribution is -2.50. The second-order valence-electron chi connectivity index (χ2n) is 7.17. The third kappa shape index (κ3) is 8.95. The Bertz CT molecular complexity index is 666. The monoisotopic (exact) mass is 533 g/mol. The van der Waals surface area contributed by atoms with Gasteiger partial charge in [0.25, 0.3) is 0 Å². The van der Waals surface area contributed by atoms with E-state index >= 15 is 0 Å². The van der Waals surface area contributed by atoms with Crippen LogP contribution in [0.3, 0.4) is 0 Å². The number of methoxy groups -OCH3 is 1. The molecule has 1 amide bonds. The van der Waals surface area contributed by atoms with Crippen LogP contribution in [0, 0.1) is 0 Å². The third-order valence-electron chi connectivity index (χ3n) is 4.82. The van der Waals surface area contributed by atoms with Gasteiger partial charge in [0.1, 0.15) is 6.10 Å². The van der Waals surface area contributed by atoms with Gasteiger partial charge in [-0.1, -0.05) is 12.1 Å². The Morgan fingerprint density at radius 1 is 1.27 bits per heavy atom. The Kier molecular flexibility index (Phi) is 12.5. The molecule has 1 fully saturated rings. The molecule has 1 unspecified atom stereocenters. The van der Waals surface area contributed by atoms with Crippen LogP contribution in [0.5, 0.6) is 11.5 Å². The summed E-state index contributed by atoms with van der Waals surface area (Å²) >= 11 is 0. The van der Waals surface area contributed by atoms with E-state index in [2.05, 4.69) is 27.8 Å². The number of halogens is 1. The van der Waals surface area contributed by atoms with Crippen LogP contribution in [0.1, 0.15) is 26.7 Å². The number of likely N-dealkylation sites (N-methyl/N-ethyl adjacent to an activating group) is 1. The van der Waals surface area contributed by atoms with Crippen LogP contribution in [0.15, 0.2) is 29.3 Å². The molecule has 0 spiro atoms. The highest BCUT2D eigenvalue weighted by Gasteiger charge is 2.21. The molecule has 1 aliphatic rings. The van der Waals surface area contributed by atoms with Crippen molar-refractivity contribution in [1.29, 1.82) is 0 Å². The van der Waals surface area contributed by atoms with Crippen LogP contribution in [0.2, 0.25) is 0 Å². The van der Waals surface area contributed by atoms with E-state index in [4.69, 9.17) is 14.5 Å². The molecule has 0 saturated carbocycles. The molecule has 0 aromatic heterocycles. The largest absolute Gasteiger partial charge is 0.493 e. The first-order chi connectivity index (χ1) is 14.0. The average molecular weight is 533 g/mol. The third-order valence-corrected chi connectivity index (χ3v) is 4.82. The second-order valence-corrected chi connectivity index (χ2v) is 7.17. The number of hydrogen-bond acceptors (Lipinski definition) is 5. The van der Waals surface area contributed by atoms with E-state index < -0.39 is 0 Å². The van der Waals surface area contributed by atoms with Crippen LogP contribution in [0.25, 0.3) is 0 Å². The summed E-state index contributed by atoms with van der Waals surface area (Å²) in [6.07, 6.45) is 1.87. The summed E-state index contributed by atoms with van der Waals surface area (Å²) in [5, 5.41) is 9.50.